The lowest BCUT2D eigenvalue weighted by molar-refractivity contribution is -0.136. The first-order valence-electron chi connectivity index (χ1n) is 7.79. The Bertz CT molecular complexity index is 938. The molecule has 1 amide bonds. The van der Waals surface area contributed by atoms with E-state index in [9.17, 15) is 22.4 Å². The summed E-state index contributed by atoms with van der Waals surface area (Å²) in [6.07, 6.45) is -3.23. The second kappa shape index (κ2) is 7.45. The van der Waals surface area contributed by atoms with Gasteiger partial charge in [0, 0.05) is 5.69 Å². The molecular formula is C19H13F4N3O. The van der Waals surface area contributed by atoms with Crippen LogP contribution in [0.2, 0.25) is 0 Å². The van der Waals surface area contributed by atoms with Crippen LogP contribution in [0.4, 0.5) is 34.6 Å². The predicted molar refractivity (Wildman–Crippen MR) is 93.3 cm³/mol. The van der Waals surface area contributed by atoms with E-state index in [4.69, 9.17) is 0 Å². The van der Waals surface area contributed by atoms with E-state index >= 15 is 0 Å². The number of carbonyl (C=O) groups excluding carboxylic acids is 1. The Kier molecular flexibility index (Phi) is 5.07. The van der Waals surface area contributed by atoms with Crippen molar-refractivity contribution < 1.29 is 22.4 Å². The summed E-state index contributed by atoms with van der Waals surface area (Å²) in [6, 6.07) is 13.3. The lowest BCUT2D eigenvalue weighted by Crippen LogP contribution is -2.17. The minimum atomic E-state index is -4.58. The van der Waals surface area contributed by atoms with Crippen molar-refractivity contribution in [1.82, 2.24) is 4.98 Å². The summed E-state index contributed by atoms with van der Waals surface area (Å²) in [5.41, 5.74) is -0.168. The van der Waals surface area contributed by atoms with Crippen LogP contribution < -0.4 is 10.6 Å². The first-order valence-corrected chi connectivity index (χ1v) is 7.79. The van der Waals surface area contributed by atoms with E-state index in [1.807, 2.05) is 0 Å². The van der Waals surface area contributed by atoms with Gasteiger partial charge in [-0.3, -0.25) is 4.79 Å². The molecular weight excluding hydrogens is 362 g/mol. The van der Waals surface area contributed by atoms with Crippen molar-refractivity contribution in [3.05, 3.63) is 83.9 Å². The van der Waals surface area contributed by atoms with Crippen molar-refractivity contribution in [1.29, 1.82) is 0 Å². The molecule has 3 aromatic rings. The average Bonchev–Trinajstić information content (AvgIpc) is 2.64. The molecule has 0 aliphatic carbocycles. The third kappa shape index (κ3) is 4.60. The summed E-state index contributed by atoms with van der Waals surface area (Å²) in [5.74, 6) is -1.13. The number of benzene rings is 2. The monoisotopic (exact) mass is 375 g/mol. The number of para-hydroxylation sites is 1. The largest absolute Gasteiger partial charge is 0.418 e. The van der Waals surface area contributed by atoms with Crippen molar-refractivity contribution in [2.24, 2.45) is 0 Å². The van der Waals surface area contributed by atoms with Crippen LogP contribution in [0.3, 0.4) is 0 Å². The Morgan fingerprint density at radius 3 is 2.19 bits per heavy atom. The van der Waals surface area contributed by atoms with Crippen molar-refractivity contribution in [3.8, 4) is 0 Å². The van der Waals surface area contributed by atoms with Gasteiger partial charge >= 0.3 is 6.18 Å². The molecule has 8 heteroatoms. The van der Waals surface area contributed by atoms with Gasteiger partial charge in [-0.25, -0.2) is 9.37 Å². The number of alkyl halides is 3. The van der Waals surface area contributed by atoms with E-state index in [1.165, 1.54) is 54.7 Å². The third-order valence-electron chi connectivity index (χ3n) is 3.61. The molecule has 0 aliphatic rings. The van der Waals surface area contributed by atoms with Gasteiger partial charge in [0.25, 0.3) is 5.91 Å². The highest BCUT2D eigenvalue weighted by Crippen LogP contribution is 2.34. The smallest absolute Gasteiger partial charge is 0.354 e. The molecule has 3 rings (SSSR count). The molecule has 138 valence electrons. The van der Waals surface area contributed by atoms with Crippen LogP contribution in [0.1, 0.15) is 16.1 Å². The average molecular weight is 375 g/mol. The molecule has 0 fully saturated rings. The highest BCUT2D eigenvalue weighted by molar-refractivity contribution is 6.03. The van der Waals surface area contributed by atoms with Crippen LogP contribution in [-0.4, -0.2) is 10.9 Å². The van der Waals surface area contributed by atoms with Gasteiger partial charge in [0.05, 0.1) is 23.1 Å². The number of hydrogen-bond acceptors (Lipinski definition) is 3. The third-order valence-corrected chi connectivity index (χ3v) is 3.61. The van der Waals surface area contributed by atoms with Gasteiger partial charge in [0.2, 0.25) is 0 Å². The van der Waals surface area contributed by atoms with Crippen LogP contribution in [0.5, 0.6) is 0 Å². The molecule has 1 aromatic heterocycles. The van der Waals surface area contributed by atoms with Gasteiger partial charge in [0.1, 0.15) is 11.5 Å². The molecule has 0 spiro atoms. The molecule has 0 unspecified atom stereocenters. The molecule has 0 aliphatic heterocycles. The second-order valence-corrected chi connectivity index (χ2v) is 5.56. The molecule has 2 aromatic carbocycles. The summed E-state index contributed by atoms with van der Waals surface area (Å²) in [6.45, 7) is 0. The van der Waals surface area contributed by atoms with E-state index < -0.39 is 17.6 Å². The maximum Gasteiger partial charge on any atom is 0.418 e. The highest BCUT2D eigenvalue weighted by Gasteiger charge is 2.33. The van der Waals surface area contributed by atoms with Gasteiger partial charge in [-0.15, -0.1) is 0 Å². The molecule has 1 heterocycles. The number of halogens is 4. The summed E-state index contributed by atoms with van der Waals surface area (Å²) in [4.78, 5) is 16.1. The summed E-state index contributed by atoms with van der Waals surface area (Å²) in [7, 11) is 0. The van der Waals surface area contributed by atoms with E-state index in [1.54, 1.807) is 6.07 Å². The fraction of sp³-hybridized carbons (Fsp3) is 0.0526. The zero-order valence-electron chi connectivity index (χ0n) is 13.7. The van der Waals surface area contributed by atoms with Crippen LogP contribution in [0.25, 0.3) is 0 Å². The van der Waals surface area contributed by atoms with Gasteiger partial charge in [-0.2, -0.15) is 13.2 Å². The zero-order chi connectivity index (χ0) is 19.4. The zero-order valence-corrected chi connectivity index (χ0v) is 13.7. The van der Waals surface area contributed by atoms with Crippen molar-refractivity contribution >= 4 is 23.0 Å². The molecule has 0 bridgehead atoms. The van der Waals surface area contributed by atoms with Gasteiger partial charge in [-0.05, 0) is 48.5 Å². The topological polar surface area (TPSA) is 54.0 Å². The number of anilines is 3. The van der Waals surface area contributed by atoms with Crippen LogP contribution in [0, 0.1) is 5.82 Å². The maximum absolute atomic E-state index is 13.0. The number of pyridine rings is 1. The van der Waals surface area contributed by atoms with Crippen molar-refractivity contribution in [3.63, 3.8) is 0 Å². The molecule has 0 radical (unpaired) electrons. The normalized spacial score (nSPS) is 11.1. The predicted octanol–water partition coefficient (Wildman–Crippen LogP) is 5.24. The second-order valence-electron chi connectivity index (χ2n) is 5.56. The SMILES string of the molecule is O=C(Nc1ccccc1C(F)(F)F)c1ccc(Nc2ccc(F)cc2)cn1. The number of carbonyl (C=O) groups is 1. The molecule has 0 saturated heterocycles. The Hall–Kier alpha value is -3.42. The Morgan fingerprint density at radius 1 is 0.889 bits per heavy atom. The molecule has 0 atom stereocenters. The van der Waals surface area contributed by atoms with Gasteiger partial charge < -0.3 is 10.6 Å². The van der Waals surface area contributed by atoms with Crippen molar-refractivity contribution in [2.45, 2.75) is 6.18 Å². The Balaban J connectivity index is 1.72. The number of nitrogens with one attached hydrogen (secondary N) is 2. The van der Waals surface area contributed by atoms with Gasteiger partial charge in [-0.1, -0.05) is 12.1 Å². The maximum atomic E-state index is 13.0. The number of rotatable bonds is 4. The summed E-state index contributed by atoms with van der Waals surface area (Å²) < 4.78 is 51.9. The number of nitrogens with zero attached hydrogens (tertiary/aromatic N) is 1. The molecule has 2 N–H and O–H groups in total. The van der Waals surface area contributed by atoms with Gasteiger partial charge in [0.15, 0.2) is 0 Å². The lowest BCUT2D eigenvalue weighted by Gasteiger charge is -2.13. The fourth-order valence-electron chi connectivity index (χ4n) is 2.33. The van der Waals surface area contributed by atoms with E-state index in [0.717, 1.165) is 6.07 Å². The minimum absolute atomic E-state index is 0.0448. The lowest BCUT2D eigenvalue weighted by atomic mass is 10.1. The minimum Gasteiger partial charge on any atom is -0.354 e. The van der Waals surface area contributed by atoms with E-state index in [-0.39, 0.29) is 17.2 Å². The number of aromatic nitrogens is 1. The van der Waals surface area contributed by atoms with Crippen LogP contribution >= 0.6 is 0 Å². The Morgan fingerprint density at radius 2 is 1.56 bits per heavy atom. The molecule has 27 heavy (non-hydrogen) atoms. The summed E-state index contributed by atoms with van der Waals surface area (Å²) in [5, 5.41) is 5.19. The first kappa shape index (κ1) is 18.4. The standard InChI is InChI=1S/C19H13F4N3O/c20-12-5-7-13(8-6-12)25-14-9-10-17(24-11-14)18(27)26-16-4-2-1-3-15(16)19(21,22)23/h1-11,25H,(H,26,27). The quantitative estimate of drug-likeness (QED) is 0.614. The van der Waals surface area contributed by atoms with E-state index in [2.05, 4.69) is 15.6 Å². The molecule has 4 nitrogen and oxygen atoms in total. The first-order chi connectivity index (χ1) is 12.8. The van der Waals surface area contributed by atoms with E-state index in [0.29, 0.717) is 11.4 Å². The Labute approximate surface area is 151 Å². The number of amides is 1. The summed E-state index contributed by atoms with van der Waals surface area (Å²) >= 11 is 0. The number of hydrogen-bond donors (Lipinski definition) is 2. The van der Waals surface area contributed by atoms with Crippen molar-refractivity contribution in [2.75, 3.05) is 10.6 Å². The fourth-order valence-corrected chi connectivity index (χ4v) is 2.33. The highest BCUT2D eigenvalue weighted by atomic mass is 19.4. The van der Waals surface area contributed by atoms with Crippen LogP contribution in [0.15, 0.2) is 66.9 Å². The van der Waals surface area contributed by atoms with Crippen LogP contribution in [-0.2, 0) is 6.18 Å². The molecule has 0 saturated carbocycles.